The van der Waals surface area contributed by atoms with E-state index < -0.39 is 5.54 Å². The molecule has 0 spiro atoms. The first-order chi connectivity index (χ1) is 15.4. The lowest BCUT2D eigenvalue weighted by Gasteiger charge is -2.44. The molecule has 1 aromatic heterocycles. The number of aromatic nitrogens is 1. The van der Waals surface area contributed by atoms with Crippen molar-refractivity contribution in [2.24, 2.45) is 0 Å². The summed E-state index contributed by atoms with van der Waals surface area (Å²) in [5, 5.41) is 4.28. The number of hydrogen-bond donors (Lipinski definition) is 1. The summed E-state index contributed by atoms with van der Waals surface area (Å²) in [7, 11) is 0. The number of carbonyl (C=O) groups excluding carboxylic acids is 2. The monoisotopic (exact) mass is 429 g/mol. The summed E-state index contributed by atoms with van der Waals surface area (Å²) < 4.78 is 2.02. The zero-order valence-electron chi connectivity index (χ0n) is 19.1. The van der Waals surface area contributed by atoms with Gasteiger partial charge in [-0.3, -0.25) is 14.5 Å². The maximum Gasteiger partial charge on any atom is 0.275 e. The van der Waals surface area contributed by atoms with Gasteiger partial charge < -0.3 is 9.88 Å². The van der Waals surface area contributed by atoms with Gasteiger partial charge in [0.25, 0.3) is 5.91 Å². The van der Waals surface area contributed by atoms with Crippen LogP contribution in [0.2, 0.25) is 0 Å². The van der Waals surface area contributed by atoms with Crippen LogP contribution in [-0.2, 0) is 11.3 Å². The largest absolute Gasteiger partial charge is 0.351 e. The van der Waals surface area contributed by atoms with Gasteiger partial charge in [-0.25, -0.2) is 0 Å². The molecule has 32 heavy (non-hydrogen) atoms. The molecule has 1 fully saturated rings. The summed E-state index contributed by atoms with van der Waals surface area (Å²) in [5.74, 6) is 0.198. The van der Waals surface area contributed by atoms with E-state index in [9.17, 15) is 9.59 Å². The normalized spacial score (nSPS) is 21.4. The van der Waals surface area contributed by atoms with Gasteiger partial charge in [-0.1, -0.05) is 57.0 Å². The number of amides is 2. The Labute approximate surface area is 189 Å². The molecule has 1 N–H and O–H groups in total. The second kappa shape index (κ2) is 7.80. The van der Waals surface area contributed by atoms with Gasteiger partial charge in [0.1, 0.15) is 11.2 Å². The van der Waals surface area contributed by atoms with Crippen LogP contribution in [0.3, 0.4) is 0 Å². The van der Waals surface area contributed by atoms with Crippen LogP contribution in [0.5, 0.6) is 0 Å². The Kier molecular flexibility index (Phi) is 5.07. The average molecular weight is 430 g/mol. The summed E-state index contributed by atoms with van der Waals surface area (Å²) >= 11 is 0. The molecule has 166 valence electrons. The number of benzene rings is 2. The van der Waals surface area contributed by atoms with E-state index in [0.29, 0.717) is 18.2 Å². The standard InChI is InChI=1S/C27H31N3O2/c1-18(2)19-12-14-22(15-13-19)30-25(31)24-16-20-8-4-7-11-23(20)29(24)17-27(30,3)26(32)28-21-9-5-6-10-21/h4,7-8,11-16,18,21H,5-6,9-10,17H2,1-3H3,(H,28,32)/t27-/m0/s1. The van der Waals surface area contributed by atoms with Crippen molar-refractivity contribution in [3.05, 3.63) is 65.9 Å². The Morgan fingerprint density at radius 3 is 2.44 bits per heavy atom. The highest BCUT2D eigenvalue weighted by molar-refractivity contribution is 6.14. The highest BCUT2D eigenvalue weighted by Crippen LogP contribution is 2.36. The van der Waals surface area contributed by atoms with Gasteiger partial charge in [-0.05, 0) is 55.5 Å². The number of carbonyl (C=O) groups is 2. The minimum atomic E-state index is -1.02. The molecule has 1 saturated carbocycles. The van der Waals surface area contributed by atoms with E-state index in [-0.39, 0.29) is 17.9 Å². The van der Waals surface area contributed by atoms with Crippen molar-refractivity contribution in [1.29, 1.82) is 0 Å². The lowest BCUT2D eigenvalue weighted by Crippen LogP contribution is -2.65. The molecule has 2 heterocycles. The molecular weight excluding hydrogens is 398 g/mol. The lowest BCUT2D eigenvalue weighted by molar-refractivity contribution is -0.127. The number of nitrogens with one attached hydrogen (secondary N) is 1. The summed E-state index contributed by atoms with van der Waals surface area (Å²) in [6.07, 6.45) is 4.31. The van der Waals surface area contributed by atoms with E-state index in [0.717, 1.165) is 42.3 Å². The van der Waals surface area contributed by atoms with Crippen LogP contribution >= 0.6 is 0 Å². The number of rotatable bonds is 4. The topological polar surface area (TPSA) is 54.3 Å². The molecule has 1 atom stereocenters. The smallest absolute Gasteiger partial charge is 0.275 e. The average Bonchev–Trinajstić information content (AvgIpc) is 3.42. The highest BCUT2D eigenvalue weighted by Gasteiger charge is 2.49. The van der Waals surface area contributed by atoms with Crippen molar-refractivity contribution in [2.45, 2.75) is 70.5 Å². The summed E-state index contributed by atoms with van der Waals surface area (Å²) in [6, 6.07) is 18.2. The molecule has 1 aliphatic carbocycles. The maximum atomic E-state index is 13.9. The molecule has 5 nitrogen and oxygen atoms in total. The molecule has 2 amide bonds. The molecule has 0 radical (unpaired) electrons. The quantitative estimate of drug-likeness (QED) is 0.616. The van der Waals surface area contributed by atoms with Gasteiger partial charge in [0.05, 0.1) is 6.54 Å². The predicted octanol–water partition coefficient (Wildman–Crippen LogP) is 5.24. The van der Waals surface area contributed by atoms with Crippen LogP contribution in [0.25, 0.3) is 10.9 Å². The summed E-state index contributed by atoms with van der Waals surface area (Å²) in [5.41, 5.74) is 2.58. The molecule has 0 saturated heterocycles. The highest BCUT2D eigenvalue weighted by atomic mass is 16.2. The van der Waals surface area contributed by atoms with E-state index >= 15 is 0 Å². The summed E-state index contributed by atoms with van der Waals surface area (Å²) in [4.78, 5) is 29.3. The van der Waals surface area contributed by atoms with Gasteiger partial charge >= 0.3 is 0 Å². The molecule has 2 aromatic carbocycles. The Bertz CT molecular complexity index is 1170. The van der Waals surface area contributed by atoms with Crippen LogP contribution in [0, 0.1) is 0 Å². The molecule has 5 rings (SSSR count). The van der Waals surface area contributed by atoms with Gasteiger partial charge in [0, 0.05) is 22.6 Å². The third kappa shape index (κ3) is 3.31. The number of fused-ring (bicyclic) bond motifs is 3. The fraction of sp³-hybridized carbons (Fsp3) is 0.407. The van der Waals surface area contributed by atoms with Crippen molar-refractivity contribution in [3.8, 4) is 0 Å². The third-order valence-corrected chi connectivity index (χ3v) is 7.19. The van der Waals surface area contributed by atoms with Crippen molar-refractivity contribution >= 4 is 28.4 Å². The Morgan fingerprint density at radius 2 is 1.75 bits per heavy atom. The van der Waals surface area contributed by atoms with Gasteiger partial charge in [-0.15, -0.1) is 0 Å². The fourth-order valence-corrected chi connectivity index (χ4v) is 5.27. The Morgan fingerprint density at radius 1 is 1.06 bits per heavy atom. The maximum absolute atomic E-state index is 13.9. The van der Waals surface area contributed by atoms with Crippen LogP contribution < -0.4 is 10.2 Å². The zero-order valence-corrected chi connectivity index (χ0v) is 19.1. The van der Waals surface area contributed by atoms with Crippen molar-refractivity contribution in [3.63, 3.8) is 0 Å². The summed E-state index contributed by atoms with van der Waals surface area (Å²) in [6.45, 7) is 6.63. The molecule has 1 aliphatic heterocycles. The number of nitrogens with zero attached hydrogens (tertiary/aromatic N) is 2. The second-order valence-corrected chi connectivity index (χ2v) is 9.79. The van der Waals surface area contributed by atoms with Gasteiger partial charge in [0.2, 0.25) is 5.91 Å². The van der Waals surface area contributed by atoms with Crippen molar-refractivity contribution < 1.29 is 9.59 Å². The zero-order chi connectivity index (χ0) is 22.5. The van der Waals surface area contributed by atoms with Crippen LogP contribution in [-0.4, -0.2) is 28.0 Å². The van der Waals surface area contributed by atoms with Gasteiger partial charge in [-0.2, -0.15) is 0 Å². The lowest BCUT2D eigenvalue weighted by atomic mass is 9.92. The number of anilines is 1. The minimum absolute atomic E-state index is 0.0749. The van der Waals surface area contributed by atoms with Gasteiger partial charge in [0.15, 0.2) is 0 Å². The second-order valence-electron chi connectivity index (χ2n) is 9.79. The van der Waals surface area contributed by atoms with Crippen LogP contribution in [0.1, 0.15) is 68.4 Å². The number of hydrogen-bond acceptors (Lipinski definition) is 2. The molecule has 0 bridgehead atoms. The van der Waals surface area contributed by atoms with E-state index in [2.05, 4.69) is 31.3 Å². The van der Waals surface area contributed by atoms with E-state index in [4.69, 9.17) is 0 Å². The molecule has 5 heteroatoms. The van der Waals surface area contributed by atoms with Crippen LogP contribution in [0.4, 0.5) is 5.69 Å². The molecule has 3 aromatic rings. The Balaban J connectivity index is 1.61. The van der Waals surface area contributed by atoms with E-state index in [1.54, 1.807) is 4.90 Å². The molecule has 0 unspecified atom stereocenters. The SMILES string of the molecule is CC(C)c1ccc(N2C(=O)c3cc4ccccc4n3C[C@@]2(C)C(=O)NC2CCCC2)cc1. The van der Waals surface area contributed by atoms with Crippen molar-refractivity contribution in [1.82, 2.24) is 9.88 Å². The fourth-order valence-electron chi connectivity index (χ4n) is 5.27. The number of para-hydroxylation sites is 1. The Hall–Kier alpha value is -3.08. The van der Waals surface area contributed by atoms with Crippen LogP contribution in [0.15, 0.2) is 54.6 Å². The third-order valence-electron chi connectivity index (χ3n) is 7.19. The predicted molar refractivity (Wildman–Crippen MR) is 128 cm³/mol. The first-order valence-electron chi connectivity index (χ1n) is 11.7. The van der Waals surface area contributed by atoms with E-state index in [1.165, 1.54) is 5.56 Å². The molecule has 2 aliphatic rings. The van der Waals surface area contributed by atoms with Crippen molar-refractivity contribution in [2.75, 3.05) is 4.90 Å². The molecular formula is C27H31N3O2. The van der Waals surface area contributed by atoms with E-state index in [1.807, 2.05) is 54.0 Å². The first kappa shape index (κ1) is 20.8. The first-order valence-corrected chi connectivity index (χ1v) is 11.7. The minimum Gasteiger partial charge on any atom is -0.351 e.